The van der Waals surface area contributed by atoms with Crippen LogP contribution in [0.4, 0.5) is 0 Å². The predicted molar refractivity (Wildman–Crippen MR) is 107 cm³/mol. The van der Waals surface area contributed by atoms with Crippen molar-refractivity contribution >= 4 is 17.5 Å². The molecule has 1 unspecified atom stereocenters. The first-order chi connectivity index (χ1) is 13.4. The summed E-state index contributed by atoms with van der Waals surface area (Å²) < 4.78 is 11.1. The molecule has 28 heavy (non-hydrogen) atoms. The van der Waals surface area contributed by atoms with Crippen LogP contribution in [0.25, 0.3) is 11.4 Å². The van der Waals surface area contributed by atoms with Gasteiger partial charge in [0.1, 0.15) is 12.3 Å². The van der Waals surface area contributed by atoms with E-state index in [9.17, 15) is 4.79 Å². The molecule has 2 aromatic carbocycles. The van der Waals surface area contributed by atoms with Gasteiger partial charge in [0, 0.05) is 16.6 Å². The second-order valence-corrected chi connectivity index (χ2v) is 7.09. The van der Waals surface area contributed by atoms with Crippen molar-refractivity contribution < 1.29 is 14.1 Å². The molecule has 7 heteroatoms. The van der Waals surface area contributed by atoms with Gasteiger partial charge in [-0.1, -0.05) is 53.2 Å². The van der Waals surface area contributed by atoms with Gasteiger partial charge in [0.05, 0.1) is 0 Å². The number of benzene rings is 2. The van der Waals surface area contributed by atoms with Crippen LogP contribution in [0.3, 0.4) is 0 Å². The van der Waals surface area contributed by atoms with Crippen LogP contribution in [0, 0.1) is 0 Å². The summed E-state index contributed by atoms with van der Waals surface area (Å²) >= 11 is 5.98. The zero-order valence-corrected chi connectivity index (χ0v) is 16.8. The molecule has 3 aromatic rings. The first kappa shape index (κ1) is 19.9. The standard InChI is InChI=1S/C21H22ClN3O3/c1-14(2)25(21(26)15(3)27-18-11-7-10-17(22)12-18)13-19-23-20(24-28-19)16-8-5-4-6-9-16/h4-12,14-15H,13H2,1-3H3. The molecule has 0 fully saturated rings. The van der Waals surface area contributed by atoms with Gasteiger partial charge in [0.25, 0.3) is 5.91 Å². The maximum absolute atomic E-state index is 12.9. The normalized spacial score (nSPS) is 12.0. The largest absolute Gasteiger partial charge is 0.481 e. The SMILES string of the molecule is CC(Oc1cccc(Cl)c1)C(=O)N(Cc1nc(-c2ccccc2)no1)C(C)C. The summed E-state index contributed by atoms with van der Waals surface area (Å²) in [7, 11) is 0. The molecule has 0 bridgehead atoms. The lowest BCUT2D eigenvalue weighted by molar-refractivity contribution is -0.140. The lowest BCUT2D eigenvalue weighted by Gasteiger charge is -2.28. The van der Waals surface area contributed by atoms with Crippen molar-refractivity contribution in [2.45, 2.75) is 39.5 Å². The molecule has 1 heterocycles. The number of hydrogen-bond acceptors (Lipinski definition) is 5. The van der Waals surface area contributed by atoms with Gasteiger partial charge in [-0.15, -0.1) is 0 Å². The Bertz CT molecular complexity index is 927. The van der Waals surface area contributed by atoms with Crippen LogP contribution in [0.15, 0.2) is 59.1 Å². The second kappa shape index (κ2) is 8.89. The molecular formula is C21H22ClN3O3. The second-order valence-electron chi connectivity index (χ2n) is 6.66. The highest BCUT2D eigenvalue weighted by molar-refractivity contribution is 6.30. The van der Waals surface area contributed by atoms with Crippen LogP contribution in [0.1, 0.15) is 26.7 Å². The van der Waals surface area contributed by atoms with Crippen molar-refractivity contribution in [2.75, 3.05) is 0 Å². The summed E-state index contributed by atoms with van der Waals surface area (Å²) in [6, 6.07) is 16.4. The molecule has 6 nitrogen and oxygen atoms in total. The highest BCUT2D eigenvalue weighted by atomic mass is 35.5. The maximum atomic E-state index is 12.9. The molecular weight excluding hydrogens is 378 g/mol. The van der Waals surface area contributed by atoms with Crippen molar-refractivity contribution in [1.29, 1.82) is 0 Å². The fraction of sp³-hybridized carbons (Fsp3) is 0.286. The number of amides is 1. The minimum atomic E-state index is -0.683. The first-order valence-electron chi connectivity index (χ1n) is 9.04. The summed E-state index contributed by atoms with van der Waals surface area (Å²) in [5.74, 6) is 1.24. The van der Waals surface area contributed by atoms with Crippen LogP contribution < -0.4 is 4.74 Å². The van der Waals surface area contributed by atoms with Crippen molar-refractivity contribution in [2.24, 2.45) is 0 Å². The van der Waals surface area contributed by atoms with Gasteiger partial charge in [-0.25, -0.2) is 0 Å². The van der Waals surface area contributed by atoms with Gasteiger partial charge in [-0.3, -0.25) is 4.79 Å². The van der Waals surface area contributed by atoms with Crippen molar-refractivity contribution in [3.63, 3.8) is 0 Å². The fourth-order valence-corrected chi connectivity index (χ4v) is 2.89. The van der Waals surface area contributed by atoms with Crippen LogP contribution in [0.2, 0.25) is 5.02 Å². The lowest BCUT2D eigenvalue weighted by atomic mass is 10.2. The molecule has 0 radical (unpaired) electrons. The van der Waals surface area contributed by atoms with Gasteiger partial charge >= 0.3 is 0 Å². The molecule has 0 spiro atoms. The Kier molecular flexibility index (Phi) is 6.31. The zero-order valence-electron chi connectivity index (χ0n) is 16.0. The molecule has 0 aliphatic rings. The third-order valence-corrected chi connectivity index (χ3v) is 4.40. The third kappa shape index (κ3) is 4.89. The first-order valence-corrected chi connectivity index (χ1v) is 9.42. The smallest absolute Gasteiger partial charge is 0.264 e. The van der Waals surface area contributed by atoms with E-state index >= 15 is 0 Å². The Morgan fingerprint density at radius 3 is 2.57 bits per heavy atom. The van der Waals surface area contributed by atoms with Gasteiger partial charge < -0.3 is 14.2 Å². The summed E-state index contributed by atoms with van der Waals surface area (Å²) in [6.07, 6.45) is -0.683. The summed E-state index contributed by atoms with van der Waals surface area (Å²) in [5, 5.41) is 4.56. The average Bonchev–Trinajstić information content (AvgIpc) is 3.15. The number of nitrogens with zero attached hydrogens (tertiary/aromatic N) is 3. The number of aromatic nitrogens is 2. The predicted octanol–water partition coefficient (Wildman–Crippen LogP) is 4.59. The molecule has 146 valence electrons. The van der Waals surface area contributed by atoms with Gasteiger partial charge in [0.15, 0.2) is 6.10 Å². The summed E-state index contributed by atoms with van der Waals surface area (Å²) in [4.78, 5) is 19.0. The van der Waals surface area contributed by atoms with Crippen molar-refractivity contribution in [3.05, 3.63) is 65.5 Å². The van der Waals surface area contributed by atoms with Crippen LogP contribution in [0.5, 0.6) is 5.75 Å². The number of halogens is 1. The average molecular weight is 400 g/mol. The van der Waals surface area contributed by atoms with Crippen LogP contribution in [-0.4, -0.2) is 33.1 Å². The topological polar surface area (TPSA) is 68.5 Å². The lowest BCUT2D eigenvalue weighted by Crippen LogP contribution is -2.43. The number of carbonyl (C=O) groups excluding carboxylic acids is 1. The van der Waals surface area contributed by atoms with E-state index in [1.165, 1.54) is 0 Å². The molecule has 1 aromatic heterocycles. The monoisotopic (exact) mass is 399 g/mol. The van der Waals surface area contributed by atoms with E-state index in [0.29, 0.717) is 22.5 Å². The fourth-order valence-electron chi connectivity index (χ4n) is 2.71. The summed E-state index contributed by atoms with van der Waals surface area (Å²) in [6.45, 7) is 5.78. The molecule has 0 saturated carbocycles. The Balaban J connectivity index is 1.71. The van der Waals surface area contributed by atoms with E-state index in [2.05, 4.69) is 10.1 Å². The minimum Gasteiger partial charge on any atom is -0.481 e. The van der Waals surface area contributed by atoms with Gasteiger partial charge in [0.2, 0.25) is 11.7 Å². The Labute approximate surface area is 169 Å². The Morgan fingerprint density at radius 1 is 1.14 bits per heavy atom. The zero-order chi connectivity index (χ0) is 20.1. The Hall–Kier alpha value is -2.86. The highest BCUT2D eigenvalue weighted by Crippen LogP contribution is 2.20. The quantitative estimate of drug-likeness (QED) is 0.581. The number of carbonyl (C=O) groups is 1. The molecule has 0 aliphatic heterocycles. The molecule has 0 saturated heterocycles. The third-order valence-electron chi connectivity index (χ3n) is 4.17. The van der Waals surface area contributed by atoms with E-state index in [1.807, 2.05) is 44.2 Å². The molecule has 1 atom stereocenters. The summed E-state index contributed by atoms with van der Waals surface area (Å²) in [5.41, 5.74) is 0.859. The molecule has 0 aliphatic carbocycles. The van der Waals surface area contributed by atoms with Gasteiger partial charge in [-0.2, -0.15) is 4.98 Å². The molecule has 1 amide bonds. The van der Waals surface area contributed by atoms with E-state index in [4.69, 9.17) is 20.9 Å². The van der Waals surface area contributed by atoms with Crippen molar-refractivity contribution in [3.8, 4) is 17.1 Å². The Morgan fingerprint density at radius 2 is 1.89 bits per heavy atom. The van der Waals surface area contributed by atoms with E-state index in [1.54, 1.807) is 36.1 Å². The number of ether oxygens (including phenoxy) is 1. The maximum Gasteiger partial charge on any atom is 0.264 e. The highest BCUT2D eigenvalue weighted by Gasteiger charge is 2.26. The van der Waals surface area contributed by atoms with Crippen LogP contribution in [-0.2, 0) is 11.3 Å². The van der Waals surface area contributed by atoms with Crippen molar-refractivity contribution in [1.82, 2.24) is 15.0 Å². The van der Waals surface area contributed by atoms with Gasteiger partial charge in [-0.05, 0) is 39.0 Å². The number of hydrogen-bond donors (Lipinski definition) is 0. The molecule has 3 rings (SSSR count). The van der Waals surface area contributed by atoms with E-state index < -0.39 is 6.10 Å². The molecule has 0 N–H and O–H groups in total. The minimum absolute atomic E-state index is 0.0648. The number of rotatable bonds is 7. The van der Waals surface area contributed by atoms with Crippen LogP contribution >= 0.6 is 11.6 Å². The van der Waals surface area contributed by atoms with E-state index in [-0.39, 0.29) is 18.5 Å². The van der Waals surface area contributed by atoms with E-state index in [0.717, 1.165) is 5.56 Å².